The maximum absolute atomic E-state index is 6.26. The Morgan fingerprint density at radius 2 is 1.36 bits per heavy atom. The molecule has 5 nitrogen and oxygen atoms in total. The molecule has 0 saturated carbocycles. The number of hydrogen-bond acceptors (Lipinski definition) is 5. The Morgan fingerprint density at radius 1 is 0.576 bits per heavy atom. The number of benzene rings is 3. The molecule has 0 fully saturated rings. The molecule has 0 amide bonds. The molecule has 5 heteroatoms. The lowest BCUT2D eigenvalue weighted by atomic mass is 10.1. The first kappa shape index (κ1) is 18.0. The average molecular weight is 427 g/mol. The Labute approximate surface area is 188 Å². The zero-order valence-electron chi connectivity index (χ0n) is 17.5. The predicted molar refractivity (Wildman–Crippen MR) is 131 cm³/mol. The number of hydrogen-bond donors (Lipinski definition) is 0. The molecule has 0 bridgehead atoms. The first-order chi connectivity index (χ1) is 16.4. The lowest BCUT2D eigenvalue weighted by molar-refractivity contribution is 0.653. The van der Waals surface area contributed by atoms with Crippen LogP contribution in [-0.2, 0) is 0 Å². The lowest BCUT2D eigenvalue weighted by Crippen LogP contribution is -2.10. The van der Waals surface area contributed by atoms with E-state index in [1.165, 1.54) is 0 Å². The molecule has 0 N–H and O–H groups in total. The van der Waals surface area contributed by atoms with Gasteiger partial charge in [0.05, 0.1) is 23.0 Å². The molecule has 33 heavy (non-hydrogen) atoms. The SMILES string of the molecule is c1ccc(N(c2cnc3oc4ccccc4c3c2)c2cccc3c2oc2ncccc23)cc1. The van der Waals surface area contributed by atoms with E-state index < -0.39 is 0 Å². The van der Waals surface area contributed by atoms with E-state index >= 15 is 0 Å². The van der Waals surface area contributed by atoms with Crippen LogP contribution < -0.4 is 4.90 Å². The molecule has 0 aliphatic carbocycles. The van der Waals surface area contributed by atoms with Crippen molar-refractivity contribution in [2.45, 2.75) is 0 Å². The van der Waals surface area contributed by atoms with E-state index in [4.69, 9.17) is 8.83 Å². The molecule has 4 aromatic heterocycles. The second-order valence-corrected chi connectivity index (χ2v) is 7.93. The smallest absolute Gasteiger partial charge is 0.227 e. The molecule has 7 aromatic rings. The number of fused-ring (bicyclic) bond motifs is 6. The third-order valence-corrected chi connectivity index (χ3v) is 5.99. The van der Waals surface area contributed by atoms with E-state index in [1.54, 1.807) is 6.20 Å². The van der Waals surface area contributed by atoms with Crippen LogP contribution in [-0.4, -0.2) is 9.97 Å². The number of nitrogens with zero attached hydrogens (tertiary/aromatic N) is 3. The highest BCUT2D eigenvalue weighted by Gasteiger charge is 2.20. The summed E-state index contributed by atoms with van der Waals surface area (Å²) < 4.78 is 12.2. The van der Waals surface area contributed by atoms with Crippen molar-refractivity contribution in [1.82, 2.24) is 9.97 Å². The summed E-state index contributed by atoms with van der Waals surface area (Å²) in [7, 11) is 0. The van der Waals surface area contributed by atoms with Gasteiger partial charge in [-0.15, -0.1) is 0 Å². The van der Waals surface area contributed by atoms with Crippen molar-refractivity contribution in [3.8, 4) is 0 Å². The normalized spacial score (nSPS) is 11.6. The summed E-state index contributed by atoms with van der Waals surface area (Å²) in [5.74, 6) is 0. The standard InChI is InChI=1S/C28H17N3O2/c1-2-8-18(9-3-1)31(19-16-23-20-10-4-5-14-25(20)32-28(23)30-17-19)24-13-6-11-21-22-12-7-15-29-27(22)33-26(21)24/h1-17H. The van der Waals surface area contributed by atoms with Crippen molar-refractivity contribution in [2.75, 3.05) is 4.90 Å². The Balaban J connectivity index is 1.53. The Kier molecular flexibility index (Phi) is 3.78. The third-order valence-electron chi connectivity index (χ3n) is 5.99. The van der Waals surface area contributed by atoms with Gasteiger partial charge in [0.1, 0.15) is 5.58 Å². The van der Waals surface area contributed by atoms with Crippen LogP contribution in [0.1, 0.15) is 0 Å². The van der Waals surface area contributed by atoms with Gasteiger partial charge in [-0.1, -0.05) is 48.5 Å². The van der Waals surface area contributed by atoms with Crippen LogP contribution in [0.15, 0.2) is 112 Å². The Hall–Kier alpha value is -4.64. The Morgan fingerprint density at radius 3 is 2.30 bits per heavy atom. The van der Waals surface area contributed by atoms with E-state index in [9.17, 15) is 0 Å². The minimum atomic E-state index is 0.624. The minimum absolute atomic E-state index is 0.624. The quantitative estimate of drug-likeness (QED) is 0.289. The number of pyridine rings is 2. The molecule has 0 spiro atoms. The summed E-state index contributed by atoms with van der Waals surface area (Å²) in [5.41, 5.74) is 5.71. The molecule has 0 atom stereocenters. The van der Waals surface area contributed by atoms with Crippen molar-refractivity contribution in [2.24, 2.45) is 0 Å². The average Bonchev–Trinajstić information content (AvgIpc) is 3.44. The van der Waals surface area contributed by atoms with E-state index in [0.717, 1.165) is 49.8 Å². The van der Waals surface area contributed by atoms with Gasteiger partial charge in [0.15, 0.2) is 5.58 Å². The molecule has 7 rings (SSSR count). The summed E-state index contributed by atoms with van der Waals surface area (Å²) in [4.78, 5) is 11.2. The number of rotatable bonds is 3. The number of anilines is 3. The molecule has 156 valence electrons. The van der Waals surface area contributed by atoms with E-state index in [1.807, 2.05) is 54.7 Å². The third kappa shape index (κ3) is 2.72. The van der Waals surface area contributed by atoms with Gasteiger partial charge in [-0.2, -0.15) is 0 Å². The highest BCUT2D eigenvalue weighted by molar-refractivity contribution is 6.10. The highest BCUT2D eigenvalue weighted by atomic mass is 16.3. The van der Waals surface area contributed by atoms with Gasteiger partial charge >= 0.3 is 0 Å². The fraction of sp³-hybridized carbons (Fsp3) is 0. The van der Waals surface area contributed by atoms with Gasteiger partial charge in [-0.3, -0.25) is 0 Å². The minimum Gasteiger partial charge on any atom is -0.438 e. The summed E-state index contributed by atoms with van der Waals surface area (Å²) in [6.07, 6.45) is 3.60. The van der Waals surface area contributed by atoms with Crippen LogP contribution in [0.25, 0.3) is 44.1 Å². The van der Waals surface area contributed by atoms with Crippen molar-refractivity contribution in [3.63, 3.8) is 0 Å². The van der Waals surface area contributed by atoms with Crippen molar-refractivity contribution in [1.29, 1.82) is 0 Å². The fourth-order valence-corrected chi connectivity index (χ4v) is 4.52. The zero-order valence-corrected chi connectivity index (χ0v) is 17.5. The monoisotopic (exact) mass is 427 g/mol. The molecule has 0 unspecified atom stereocenters. The maximum atomic E-state index is 6.26. The molecule has 0 radical (unpaired) electrons. The van der Waals surface area contributed by atoms with Gasteiger partial charge in [0.2, 0.25) is 11.4 Å². The van der Waals surface area contributed by atoms with Gasteiger partial charge in [-0.05, 0) is 42.5 Å². The predicted octanol–water partition coefficient (Wildman–Crippen LogP) is 7.75. The van der Waals surface area contributed by atoms with Crippen molar-refractivity contribution >= 4 is 61.2 Å². The van der Waals surface area contributed by atoms with E-state index in [0.29, 0.717) is 11.4 Å². The van der Waals surface area contributed by atoms with Gasteiger partial charge in [0.25, 0.3) is 0 Å². The van der Waals surface area contributed by atoms with Crippen LogP contribution in [0.3, 0.4) is 0 Å². The van der Waals surface area contributed by atoms with Gasteiger partial charge < -0.3 is 13.7 Å². The van der Waals surface area contributed by atoms with Gasteiger partial charge in [-0.25, -0.2) is 9.97 Å². The van der Waals surface area contributed by atoms with Crippen molar-refractivity contribution in [3.05, 3.63) is 103 Å². The summed E-state index contributed by atoms with van der Waals surface area (Å²) in [6, 6.07) is 30.5. The van der Waals surface area contributed by atoms with Crippen LogP contribution in [0, 0.1) is 0 Å². The number of para-hydroxylation sites is 3. The number of aromatic nitrogens is 2. The lowest BCUT2D eigenvalue weighted by Gasteiger charge is -2.25. The Bertz CT molecular complexity index is 1780. The summed E-state index contributed by atoms with van der Waals surface area (Å²) >= 11 is 0. The second kappa shape index (κ2) is 6.93. The van der Waals surface area contributed by atoms with Crippen LogP contribution in [0.5, 0.6) is 0 Å². The molecule has 3 aromatic carbocycles. The van der Waals surface area contributed by atoms with Crippen molar-refractivity contribution < 1.29 is 8.83 Å². The van der Waals surface area contributed by atoms with Gasteiger partial charge in [0, 0.05) is 28.0 Å². The summed E-state index contributed by atoms with van der Waals surface area (Å²) in [6.45, 7) is 0. The first-order valence-electron chi connectivity index (χ1n) is 10.8. The fourth-order valence-electron chi connectivity index (χ4n) is 4.52. The van der Waals surface area contributed by atoms with E-state index in [2.05, 4.69) is 57.3 Å². The molecular formula is C28H17N3O2. The van der Waals surface area contributed by atoms with E-state index in [-0.39, 0.29) is 0 Å². The molecular weight excluding hydrogens is 410 g/mol. The molecule has 0 aliphatic rings. The second-order valence-electron chi connectivity index (χ2n) is 7.93. The number of furan rings is 2. The largest absolute Gasteiger partial charge is 0.438 e. The first-order valence-corrected chi connectivity index (χ1v) is 10.8. The topological polar surface area (TPSA) is 55.3 Å². The zero-order chi connectivity index (χ0) is 21.8. The summed E-state index contributed by atoms with van der Waals surface area (Å²) in [5, 5.41) is 4.04. The van der Waals surface area contributed by atoms with Crippen LogP contribution >= 0.6 is 0 Å². The highest BCUT2D eigenvalue weighted by Crippen LogP contribution is 2.42. The van der Waals surface area contributed by atoms with Crippen LogP contribution in [0.4, 0.5) is 17.1 Å². The molecule has 0 saturated heterocycles. The van der Waals surface area contributed by atoms with Crippen LogP contribution in [0.2, 0.25) is 0 Å². The molecule has 4 heterocycles. The molecule has 0 aliphatic heterocycles. The maximum Gasteiger partial charge on any atom is 0.227 e.